The number of carbonyl (C=O) groups is 1. The first-order chi connectivity index (χ1) is 13.7. The minimum Gasteiger partial charge on any atom is -0.475 e. The van der Waals surface area contributed by atoms with Crippen molar-refractivity contribution in [3.05, 3.63) is 46.1 Å². The molecule has 1 fully saturated rings. The molecule has 1 aromatic carbocycles. The number of fused-ring (bicyclic) bond motifs is 1. The highest BCUT2D eigenvalue weighted by atomic mass is 35.5. The number of ether oxygens (including phenoxy) is 1. The lowest BCUT2D eigenvalue weighted by Gasteiger charge is -2.12. The highest BCUT2D eigenvalue weighted by molar-refractivity contribution is 7.13. The third-order valence-corrected chi connectivity index (χ3v) is 6.12. The molecule has 0 aliphatic heterocycles. The number of aromatic nitrogens is 2. The second-order valence-corrected chi connectivity index (χ2v) is 8.54. The zero-order valence-electron chi connectivity index (χ0n) is 15.2. The predicted molar refractivity (Wildman–Crippen MR) is 104 cm³/mol. The summed E-state index contributed by atoms with van der Waals surface area (Å²) in [5, 5.41) is 3.69. The van der Waals surface area contributed by atoms with E-state index in [0.29, 0.717) is 11.4 Å². The summed E-state index contributed by atoms with van der Waals surface area (Å²) in [6.07, 6.45) is -3.69. The molecule has 3 aromatic rings. The van der Waals surface area contributed by atoms with Crippen LogP contribution in [0.4, 0.5) is 13.2 Å². The number of benzene rings is 1. The third-order valence-electron chi connectivity index (χ3n) is 4.71. The van der Waals surface area contributed by atoms with Gasteiger partial charge in [-0.15, -0.1) is 11.3 Å². The summed E-state index contributed by atoms with van der Waals surface area (Å²) in [4.78, 5) is 21.0. The average Bonchev–Trinajstić information content (AvgIpc) is 3.11. The molecule has 0 saturated heterocycles. The number of H-pyrrole nitrogens is 1. The van der Waals surface area contributed by atoms with E-state index in [1.54, 1.807) is 25.1 Å². The molecule has 1 saturated carbocycles. The number of hydrogen-bond acceptors (Lipinski definition) is 4. The first kappa shape index (κ1) is 20.0. The van der Waals surface area contributed by atoms with Crippen LogP contribution in [0.2, 0.25) is 5.02 Å². The van der Waals surface area contributed by atoms with Crippen LogP contribution in [-0.4, -0.2) is 28.7 Å². The number of rotatable bonds is 6. The van der Waals surface area contributed by atoms with Crippen LogP contribution in [0.5, 0.6) is 5.06 Å². The predicted octanol–water partition coefficient (Wildman–Crippen LogP) is 5.20. The topological polar surface area (TPSA) is 67.0 Å². The highest BCUT2D eigenvalue weighted by Gasteiger charge is 2.46. The molecule has 10 heteroatoms. The Labute approximate surface area is 173 Å². The maximum absolute atomic E-state index is 12.6. The number of alkyl halides is 3. The lowest BCUT2D eigenvalue weighted by atomic mass is 10.2. The van der Waals surface area contributed by atoms with Crippen LogP contribution in [0.1, 0.15) is 36.0 Å². The Morgan fingerprint density at radius 2 is 2.21 bits per heavy atom. The molecule has 2 N–H and O–H groups in total. The van der Waals surface area contributed by atoms with Gasteiger partial charge in [-0.1, -0.05) is 11.6 Å². The minimum absolute atomic E-state index is 0.0161. The SMILES string of the molecule is CC(NC(=O)[C@H]1C[C@@H]1c1nc2cc(Cl)ccc2[nH]1)c1ccc(OCC(F)(F)F)s1. The first-order valence-electron chi connectivity index (χ1n) is 8.94. The van der Waals surface area contributed by atoms with E-state index < -0.39 is 12.8 Å². The summed E-state index contributed by atoms with van der Waals surface area (Å²) in [5.74, 6) is 0.484. The van der Waals surface area contributed by atoms with Gasteiger partial charge in [0.15, 0.2) is 11.7 Å². The normalized spacial score (nSPS) is 19.9. The van der Waals surface area contributed by atoms with Crippen molar-refractivity contribution >= 4 is 39.9 Å². The third kappa shape index (κ3) is 4.67. The van der Waals surface area contributed by atoms with Gasteiger partial charge in [0.05, 0.1) is 17.1 Å². The van der Waals surface area contributed by atoms with Crippen molar-refractivity contribution in [3.63, 3.8) is 0 Å². The van der Waals surface area contributed by atoms with Crippen LogP contribution in [-0.2, 0) is 4.79 Å². The molecule has 154 valence electrons. The number of hydrogen-bond donors (Lipinski definition) is 2. The molecule has 2 heterocycles. The lowest BCUT2D eigenvalue weighted by Crippen LogP contribution is -2.28. The molecule has 1 aliphatic rings. The van der Waals surface area contributed by atoms with E-state index in [2.05, 4.69) is 15.3 Å². The van der Waals surface area contributed by atoms with Gasteiger partial charge in [0.2, 0.25) is 5.91 Å². The Bertz CT molecular complexity index is 1050. The van der Waals surface area contributed by atoms with E-state index in [9.17, 15) is 18.0 Å². The Morgan fingerprint density at radius 3 is 2.97 bits per heavy atom. The highest BCUT2D eigenvalue weighted by Crippen LogP contribution is 2.47. The number of amides is 1. The average molecular weight is 444 g/mol. The van der Waals surface area contributed by atoms with Crippen molar-refractivity contribution in [2.45, 2.75) is 31.5 Å². The van der Waals surface area contributed by atoms with E-state index in [0.717, 1.165) is 33.1 Å². The molecular formula is C19H17ClF3N3O2S. The summed E-state index contributed by atoms with van der Waals surface area (Å²) in [6, 6.07) is 8.21. The monoisotopic (exact) mass is 443 g/mol. The molecule has 4 rings (SSSR count). The fraction of sp³-hybridized carbons (Fsp3) is 0.368. The summed E-state index contributed by atoms with van der Waals surface area (Å²) in [6.45, 7) is 0.456. The first-order valence-corrected chi connectivity index (χ1v) is 10.1. The van der Waals surface area contributed by atoms with Gasteiger partial charge < -0.3 is 15.0 Å². The zero-order valence-corrected chi connectivity index (χ0v) is 16.8. The van der Waals surface area contributed by atoms with Gasteiger partial charge >= 0.3 is 6.18 Å². The van der Waals surface area contributed by atoms with Gasteiger partial charge in [-0.05, 0) is 43.7 Å². The number of nitrogens with one attached hydrogen (secondary N) is 2. The molecule has 3 atom stereocenters. The number of imidazole rings is 1. The van der Waals surface area contributed by atoms with Gasteiger partial charge in [-0.25, -0.2) is 4.98 Å². The van der Waals surface area contributed by atoms with Gasteiger partial charge in [0.25, 0.3) is 0 Å². The van der Waals surface area contributed by atoms with Crippen LogP contribution < -0.4 is 10.1 Å². The van der Waals surface area contributed by atoms with Crippen molar-refractivity contribution < 1.29 is 22.7 Å². The van der Waals surface area contributed by atoms with Crippen LogP contribution >= 0.6 is 22.9 Å². The van der Waals surface area contributed by atoms with Gasteiger partial charge in [-0.2, -0.15) is 13.2 Å². The van der Waals surface area contributed by atoms with E-state index in [1.165, 1.54) is 6.07 Å². The van der Waals surface area contributed by atoms with E-state index >= 15 is 0 Å². The van der Waals surface area contributed by atoms with Crippen molar-refractivity contribution in [1.82, 2.24) is 15.3 Å². The van der Waals surface area contributed by atoms with E-state index in [-0.39, 0.29) is 28.8 Å². The standard InChI is InChI=1S/C19H17ClF3N3O2S/c1-9(15-4-5-16(29-15)28-8-19(21,22)23)24-18(27)12-7-11(12)17-25-13-3-2-10(20)6-14(13)26-17/h2-6,9,11-12H,7-8H2,1H3,(H,24,27)(H,25,26)/t9?,11-,12-/m0/s1. The molecule has 29 heavy (non-hydrogen) atoms. The Hall–Kier alpha value is -2.26. The fourth-order valence-corrected chi connectivity index (χ4v) is 4.17. The van der Waals surface area contributed by atoms with E-state index in [1.807, 2.05) is 6.07 Å². The second kappa shape index (κ2) is 7.53. The molecule has 0 bridgehead atoms. The Morgan fingerprint density at radius 1 is 1.41 bits per heavy atom. The van der Waals surface area contributed by atoms with Crippen LogP contribution in [0, 0.1) is 5.92 Å². The molecule has 0 radical (unpaired) electrons. The van der Waals surface area contributed by atoms with E-state index in [4.69, 9.17) is 16.3 Å². The van der Waals surface area contributed by atoms with Crippen molar-refractivity contribution in [2.75, 3.05) is 6.61 Å². The molecule has 5 nitrogen and oxygen atoms in total. The summed E-state index contributed by atoms with van der Waals surface area (Å²) in [5.41, 5.74) is 1.63. The number of carbonyl (C=O) groups excluding carboxylic acids is 1. The van der Waals surface area contributed by atoms with Crippen molar-refractivity contribution in [3.8, 4) is 5.06 Å². The number of halogens is 4. The number of aromatic amines is 1. The molecule has 0 spiro atoms. The number of thiophene rings is 1. The van der Waals surface area contributed by atoms with Gasteiger partial charge in [0.1, 0.15) is 5.82 Å². The Balaban J connectivity index is 1.34. The zero-order chi connectivity index (χ0) is 20.8. The number of nitrogens with zero attached hydrogens (tertiary/aromatic N) is 1. The van der Waals surface area contributed by atoms with Gasteiger partial charge in [0, 0.05) is 21.7 Å². The fourth-order valence-electron chi connectivity index (χ4n) is 3.15. The minimum atomic E-state index is -4.38. The smallest absolute Gasteiger partial charge is 0.422 e. The molecule has 2 aromatic heterocycles. The second-order valence-electron chi connectivity index (χ2n) is 7.02. The van der Waals surface area contributed by atoms with Gasteiger partial charge in [-0.3, -0.25) is 4.79 Å². The van der Waals surface area contributed by atoms with Crippen molar-refractivity contribution in [1.29, 1.82) is 0 Å². The quantitative estimate of drug-likeness (QED) is 0.550. The maximum atomic E-state index is 12.6. The molecule has 1 aliphatic carbocycles. The van der Waals surface area contributed by atoms with Crippen molar-refractivity contribution in [2.24, 2.45) is 5.92 Å². The summed E-state index contributed by atoms with van der Waals surface area (Å²) in [7, 11) is 0. The molecule has 1 amide bonds. The largest absolute Gasteiger partial charge is 0.475 e. The van der Waals surface area contributed by atoms with Crippen LogP contribution in [0.15, 0.2) is 30.3 Å². The summed E-state index contributed by atoms with van der Waals surface area (Å²) >= 11 is 7.07. The van der Waals surface area contributed by atoms with Crippen LogP contribution in [0.25, 0.3) is 11.0 Å². The maximum Gasteiger partial charge on any atom is 0.422 e. The van der Waals surface area contributed by atoms with Crippen LogP contribution in [0.3, 0.4) is 0 Å². The Kier molecular flexibility index (Phi) is 5.20. The lowest BCUT2D eigenvalue weighted by molar-refractivity contribution is -0.152. The molecule has 1 unspecified atom stereocenters. The summed E-state index contributed by atoms with van der Waals surface area (Å²) < 4.78 is 41.5. The molecular weight excluding hydrogens is 427 g/mol.